The van der Waals surface area contributed by atoms with E-state index in [-0.39, 0.29) is 12.0 Å². The van der Waals surface area contributed by atoms with Gasteiger partial charge in [-0.15, -0.1) is 0 Å². The monoisotopic (exact) mass is 287 g/mol. The van der Waals surface area contributed by atoms with Crippen molar-refractivity contribution in [2.75, 3.05) is 25.4 Å². The number of amides is 1. The van der Waals surface area contributed by atoms with Crippen LogP contribution >= 0.6 is 0 Å². The molecule has 1 atom stereocenters. The average Bonchev–Trinajstić information content (AvgIpc) is 3.12. The molecule has 0 bridgehead atoms. The highest BCUT2D eigenvalue weighted by molar-refractivity contribution is 5.98. The van der Waals surface area contributed by atoms with E-state index in [1.54, 1.807) is 0 Å². The Bertz CT molecular complexity index is 644. The largest absolute Gasteiger partial charge is 0.399 e. The van der Waals surface area contributed by atoms with Crippen molar-refractivity contribution in [3.8, 4) is 0 Å². The predicted octanol–water partition coefficient (Wildman–Crippen LogP) is 2.39. The molecule has 1 amide bonds. The lowest BCUT2D eigenvalue weighted by atomic mass is 10.2. The second kappa shape index (κ2) is 5.77. The van der Waals surface area contributed by atoms with Gasteiger partial charge in [0.25, 0.3) is 5.91 Å². The van der Waals surface area contributed by atoms with Gasteiger partial charge in [-0.05, 0) is 44.0 Å². The zero-order chi connectivity index (χ0) is 14.8. The molecule has 3 rings (SSSR count). The number of nitrogen functional groups attached to an aromatic ring is 1. The Labute approximate surface area is 124 Å². The topological polar surface area (TPSA) is 71.3 Å². The number of aromatic amines is 1. The van der Waals surface area contributed by atoms with E-state index < -0.39 is 0 Å². The Balaban J connectivity index is 1.80. The van der Waals surface area contributed by atoms with Crippen molar-refractivity contribution in [3.63, 3.8) is 0 Å². The number of H-pyrrole nitrogens is 1. The molecule has 2 aromatic rings. The Morgan fingerprint density at radius 1 is 1.48 bits per heavy atom. The minimum atomic E-state index is 0.0165. The summed E-state index contributed by atoms with van der Waals surface area (Å²) < 4.78 is 5.63. The summed E-state index contributed by atoms with van der Waals surface area (Å²) in [6.45, 7) is 4.14. The van der Waals surface area contributed by atoms with Gasteiger partial charge in [0.1, 0.15) is 5.69 Å². The fourth-order valence-corrected chi connectivity index (χ4v) is 2.83. The molecule has 1 fully saturated rings. The van der Waals surface area contributed by atoms with Crippen LogP contribution in [0.4, 0.5) is 5.69 Å². The molecular formula is C16H21N3O2. The Hall–Kier alpha value is -2.01. The van der Waals surface area contributed by atoms with Crippen LogP contribution in [0.25, 0.3) is 10.9 Å². The molecule has 1 saturated heterocycles. The van der Waals surface area contributed by atoms with Crippen LogP contribution in [0.1, 0.15) is 30.3 Å². The van der Waals surface area contributed by atoms with Crippen molar-refractivity contribution in [2.45, 2.75) is 25.9 Å². The number of carbonyl (C=O) groups is 1. The minimum absolute atomic E-state index is 0.0165. The van der Waals surface area contributed by atoms with Crippen molar-refractivity contribution in [1.29, 1.82) is 0 Å². The summed E-state index contributed by atoms with van der Waals surface area (Å²) in [5.41, 5.74) is 8.02. The quantitative estimate of drug-likeness (QED) is 0.848. The highest BCUT2D eigenvalue weighted by Gasteiger charge is 2.23. The normalized spacial score (nSPS) is 18.2. The smallest absolute Gasteiger partial charge is 0.270 e. The van der Waals surface area contributed by atoms with Gasteiger partial charge in [-0.25, -0.2) is 0 Å². The van der Waals surface area contributed by atoms with E-state index in [2.05, 4.69) is 4.98 Å². The minimum Gasteiger partial charge on any atom is -0.399 e. The summed E-state index contributed by atoms with van der Waals surface area (Å²) in [5.74, 6) is 0.0165. The lowest BCUT2D eigenvalue weighted by Crippen LogP contribution is -2.37. The Morgan fingerprint density at radius 2 is 2.33 bits per heavy atom. The van der Waals surface area contributed by atoms with Gasteiger partial charge in [0.2, 0.25) is 0 Å². The lowest BCUT2D eigenvalue weighted by Gasteiger charge is -2.23. The molecule has 1 aliphatic rings. The van der Waals surface area contributed by atoms with Crippen molar-refractivity contribution in [3.05, 3.63) is 30.0 Å². The van der Waals surface area contributed by atoms with Gasteiger partial charge < -0.3 is 20.4 Å². The third kappa shape index (κ3) is 2.88. The molecule has 1 aliphatic heterocycles. The number of nitrogens with zero attached hydrogens (tertiary/aromatic N) is 1. The van der Waals surface area contributed by atoms with Gasteiger partial charge >= 0.3 is 0 Å². The number of hydrogen-bond acceptors (Lipinski definition) is 3. The molecule has 112 valence electrons. The number of carbonyl (C=O) groups excluding carboxylic acids is 1. The first-order valence-electron chi connectivity index (χ1n) is 7.46. The third-order valence-corrected chi connectivity index (χ3v) is 3.99. The van der Waals surface area contributed by atoms with Gasteiger partial charge in [0.05, 0.1) is 6.10 Å². The molecular weight excluding hydrogens is 266 g/mol. The van der Waals surface area contributed by atoms with Crippen LogP contribution in [0.3, 0.4) is 0 Å². The summed E-state index contributed by atoms with van der Waals surface area (Å²) in [4.78, 5) is 17.6. The molecule has 3 N–H and O–H groups in total. The van der Waals surface area contributed by atoms with Crippen LogP contribution in [0.5, 0.6) is 0 Å². The molecule has 0 saturated carbocycles. The molecule has 1 unspecified atom stereocenters. The number of nitrogens with two attached hydrogens (primary N) is 1. The molecule has 1 aromatic heterocycles. The molecule has 0 aliphatic carbocycles. The van der Waals surface area contributed by atoms with Gasteiger partial charge in [-0.2, -0.15) is 0 Å². The fraction of sp³-hybridized carbons (Fsp3) is 0.438. The number of benzene rings is 1. The summed E-state index contributed by atoms with van der Waals surface area (Å²) in [6, 6.07) is 7.47. The molecule has 21 heavy (non-hydrogen) atoms. The maximum atomic E-state index is 12.6. The van der Waals surface area contributed by atoms with Gasteiger partial charge in [-0.3, -0.25) is 4.79 Å². The maximum Gasteiger partial charge on any atom is 0.270 e. The second-order valence-electron chi connectivity index (χ2n) is 5.51. The summed E-state index contributed by atoms with van der Waals surface area (Å²) in [5, 5.41) is 0.964. The number of ether oxygens (including phenoxy) is 1. The van der Waals surface area contributed by atoms with Crippen LogP contribution in [0, 0.1) is 0 Å². The molecule has 5 heteroatoms. The number of aromatic nitrogens is 1. The van der Waals surface area contributed by atoms with Gasteiger partial charge in [-0.1, -0.05) is 0 Å². The molecule has 5 nitrogen and oxygen atoms in total. The van der Waals surface area contributed by atoms with E-state index in [9.17, 15) is 4.79 Å². The van der Waals surface area contributed by atoms with Crippen LogP contribution in [0.15, 0.2) is 24.3 Å². The van der Waals surface area contributed by atoms with Crippen molar-refractivity contribution in [1.82, 2.24) is 9.88 Å². The molecule has 0 spiro atoms. The first-order chi connectivity index (χ1) is 10.2. The lowest BCUT2D eigenvalue weighted by molar-refractivity contribution is 0.0535. The molecule has 0 radical (unpaired) electrons. The zero-order valence-corrected chi connectivity index (χ0v) is 12.3. The van der Waals surface area contributed by atoms with Crippen LogP contribution in [0.2, 0.25) is 0 Å². The number of fused-ring (bicyclic) bond motifs is 1. The molecule has 2 heterocycles. The third-order valence-electron chi connectivity index (χ3n) is 3.99. The van der Waals surface area contributed by atoms with E-state index in [4.69, 9.17) is 10.5 Å². The fourth-order valence-electron chi connectivity index (χ4n) is 2.83. The van der Waals surface area contributed by atoms with Crippen LogP contribution in [-0.4, -0.2) is 41.6 Å². The predicted molar refractivity (Wildman–Crippen MR) is 83.3 cm³/mol. The standard InChI is InChI=1S/C16H21N3O2/c1-2-19(10-13-4-3-7-21-13)16(20)15-9-11-8-12(17)5-6-14(11)18-15/h5-6,8-9,13,18H,2-4,7,10,17H2,1H3. The van der Waals surface area contributed by atoms with E-state index >= 15 is 0 Å². The highest BCUT2D eigenvalue weighted by Crippen LogP contribution is 2.20. The van der Waals surface area contributed by atoms with E-state index in [0.717, 1.165) is 30.4 Å². The SMILES string of the molecule is CCN(CC1CCCO1)C(=O)c1cc2cc(N)ccc2[nH]1. The van der Waals surface area contributed by atoms with E-state index in [1.807, 2.05) is 36.1 Å². The first kappa shape index (κ1) is 13.9. The van der Waals surface area contributed by atoms with Crippen molar-refractivity contribution < 1.29 is 9.53 Å². The summed E-state index contributed by atoms with van der Waals surface area (Å²) in [6.07, 6.45) is 2.30. The van der Waals surface area contributed by atoms with Gasteiger partial charge in [0, 0.05) is 36.3 Å². The highest BCUT2D eigenvalue weighted by atomic mass is 16.5. The Morgan fingerprint density at radius 3 is 3.05 bits per heavy atom. The zero-order valence-electron chi connectivity index (χ0n) is 12.3. The summed E-state index contributed by atoms with van der Waals surface area (Å²) in [7, 11) is 0. The number of likely N-dealkylation sites (N-methyl/N-ethyl adjacent to an activating group) is 1. The number of anilines is 1. The average molecular weight is 287 g/mol. The summed E-state index contributed by atoms with van der Waals surface area (Å²) >= 11 is 0. The van der Waals surface area contributed by atoms with E-state index in [1.165, 1.54) is 0 Å². The second-order valence-corrected chi connectivity index (χ2v) is 5.51. The molecule has 1 aromatic carbocycles. The number of hydrogen-bond donors (Lipinski definition) is 2. The van der Waals surface area contributed by atoms with E-state index in [0.29, 0.717) is 24.5 Å². The van der Waals surface area contributed by atoms with Crippen molar-refractivity contribution >= 4 is 22.5 Å². The maximum absolute atomic E-state index is 12.6. The van der Waals surface area contributed by atoms with Crippen LogP contribution < -0.4 is 5.73 Å². The van der Waals surface area contributed by atoms with Crippen LogP contribution in [-0.2, 0) is 4.74 Å². The van der Waals surface area contributed by atoms with Crippen molar-refractivity contribution in [2.24, 2.45) is 0 Å². The number of rotatable bonds is 4. The first-order valence-corrected chi connectivity index (χ1v) is 7.46. The Kier molecular flexibility index (Phi) is 3.84. The number of nitrogens with one attached hydrogen (secondary N) is 1. The van der Waals surface area contributed by atoms with Gasteiger partial charge in [0.15, 0.2) is 0 Å².